The molecule has 0 saturated carbocycles. The number of nitro benzene ring substituents is 1. The monoisotopic (exact) mass is 1990 g/mol. The van der Waals surface area contributed by atoms with Crippen LogP contribution in [-0.2, 0) is 22.2 Å². The maximum atomic E-state index is 11.3. The molecule has 133 heavy (non-hydrogen) atoms. The number of carbonyl (C=O) groups is 1. The van der Waals surface area contributed by atoms with Gasteiger partial charge in [0, 0.05) is 98.2 Å². The molecule has 1 saturated heterocycles. The van der Waals surface area contributed by atoms with E-state index >= 15 is 0 Å². The number of hydrogen-bond donors (Lipinski definition) is 2. The summed E-state index contributed by atoms with van der Waals surface area (Å²) in [5.74, 6) is 0.312. The van der Waals surface area contributed by atoms with Crippen molar-refractivity contribution >= 4 is 204 Å². The van der Waals surface area contributed by atoms with E-state index in [4.69, 9.17) is 21.1 Å². The molecule has 2 aliphatic carbocycles. The third-order valence-corrected chi connectivity index (χ3v) is 27.3. The summed E-state index contributed by atoms with van der Waals surface area (Å²) in [7, 11) is -0.409. The van der Waals surface area contributed by atoms with Crippen molar-refractivity contribution in [2.45, 2.75) is 64.6 Å². The summed E-state index contributed by atoms with van der Waals surface area (Å²) in [5, 5.41) is 28.0. The van der Waals surface area contributed by atoms with E-state index in [2.05, 4.69) is 405 Å². The second kappa shape index (κ2) is 40.6. The normalized spacial score (nSPS) is 13.0. The number of ketones is 1. The van der Waals surface area contributed by atoms with E-state index in [1.165, 1.54) is 154 Å². The Morgan fingerprint density at radius 3 is 1.28 bits per heavy atom. The topological polar surface area (TPSA) is 118 Å². The Balaban J connectivity index is 0.000000106. The van der Waals surface area contributed by atoms with Crippen LogP contribution in [0.2, 0.25) is 0 Å². The highest BCUT2D eigenvalue weighted by molar-refractivity contribution is 14.1. The van der Waals surface area contributed by atoms with Gasteiger partial charge < -0.3 is 28.4 Å². The summed E-state index contributed by atoms with van der Waals surface area (Å²) in [5.41, 5.74) is 23.1. The lowest BCUT2D eigenvalue weighted by molar-refractivity contribution is -0.385. The number of nitro groups is 1. The molecule has 2 N–H and O–H groups in total. The second-order valence-electron chi connectivity index (χ2n) is 33.7. The Morgan fingerprint density at radius 2 is 0.767 bits per heavy atom. The fraction of sp³-hybridized carbons (Fsp3) is 0.0855. The summed E-state index contributed by atoms with van der Waals surface area (Å²) >= 11 is 14.2. The van der Waals surface area contributed by atoms with Crippen LogP contribution in [0.5, 0.6) is 0 Å². The first-order chi connectivity index (χ1) is 65.0. The smallest absolute Gasteiger partial charge is 0.399 e. The fourth-order valence-electron chi connectivity index (χ4n) is 18.1. The molecule has 19 aromatic carbocycles. The quantitative estimate of drug-likeness (QED) is 0.0536. The predicted molar refractivity (Wildman–Crippen MR) is 573 cm³/mol. The van der Waals surface area contributed by atoms with Crippen molar-refractivity contribution in [3.8, 4) is 28.2 Å². The molecule has 1 aliphatic heterocycles. The molecule has 11 nitrogen and oxygen atoms in total. The van der Waals surface area contributed by atoms with Gasteiger partial charge in [-0.2, -0.15) is 0 Å². The summed E-state index contributed by atoms with van der Waals surface area (Å²) in [4.78, 5) is 23.4. The fourth-order valence-corrected chi connectivity index (χ4v) is 19.7. The van der Waals surface area contributed by atoms with Gasteiger partial charge in [0.05, 0.1) is 52.8 Å². The largest absolute Gasteiger partial charge is 0.495 e. The number of hydrazine groups is 1. The standard InChI is InChI=1S/C28H26BNO2.C22H14BrN.C22H15N.C17H12.C10H10O.C6H5Br.C6H7ClN2.C6H4INO2/c1-27(2)28(3,4)32-29(31-27)24-18-23-21-15-10-11-17-25(21)30(19-12-6-5-7-13-19)26(23)22-16-9-8-14-20(22)24;23-20-14-19-17-11-6-7-13-21(17)24(15-8-2-1-3-9-15)22(19)18-12-5-4-10-16(18)20;1-2-9-17(10-3-1)23-21-13-7-6-12-19(21)20-15-14-16-8-4-5-11-18(16)22(20)23;1-3-7-14-12(5-1)9-10-16-15-8-4-2-6-13(15)11-17(14)16;11-10-7-3-5-8-4-1-2-6-9(8)10;7-6-4-2-1-3-5-6;7-9-8-6-4-2-1-3-5-6;7-5-3-1-2-4-6(5)8(9)10/h5-18H,1-4H3;1-14H;1-15H;1-10H,11H2;1-2,4,6H,3,5,7H2;1-5H;1-5,8-9H;1-4H. The molecule has 0 bridgehead atoms. The summed E-state index contributed by atoms with van der Waals surface area (Å²) in [6.45, 7) is 8.42. The zero-order valence-electron chi connectivity index (χ0n) is 73.7. The minimum Gasteiger partial charge on any atom is -0.399 e. The molecule has 3 aliphatic rings. The molecule has 652 valence electrons. The molecule has 0 radical (unpaired) electrons. The lowest BCUT2D eigenvalue weighted by Crippen LogP contribution is -2.41. The second-order valence-corrected chi connectivity index (χ2v) is 36.8. The van der Waals surface area contributed by atoms with Gasteiger partial charge in [0.25, 0.3) is 5.69 Å². The highest BCUT2D eigenvalue weighted by atomic mass is 127. The first kappa shape index (κ1) is 90.0. The third-order valence-electron chi connectivity index (χ3n) is 25.1. The zero-order valence-corrected chi connectivity index (χ0v) is 79.8. The molecule has 25 rings (SSSR count). The molecule has 0 unspecified atom stereocenters. The average molecular weight is 2000 g/mol. The van der Waals surface area contributed by atoms with Crippen molar-refractivity contribution in [2.75, 3.05) is 5.43 Å². The lowest BCUT2D eigenvalue weighted by Gasteiger charge is -2.32. The number of Topliss-reactive ketones (excluding diaryl/α,β-unsaturated/α-hetero) is 1. The van der Waals surface area contributed by atoms with Crippen LogP contribution in [0.25, 0.3) is 137 Å². The first-order valence-electron chi connectivity index (χ1n) is 44.4. The number of hydrogen-bond acceptors (Lipinski definition) is 7. The number of carbonyl (C=O) groups excluding carboxylic acids is 1. The van der Waals surface area contributed by atoms with Crippen LogP contribution in [-0.4, -0.2) is 42.7 Å². The average Bonchev–Trinajstić information content (AvgIpc) is 1.53. The minimum absolute atomic E-state index is 0.170. The van der Waals surface area contributed by atoms with Crippen LogP contribution in [0.4, 0.5) is 11.4 Å². The number of para-hydroxylation sites is 8. The number of fused-ring (bicyclic) bond motifs is 21. The SMILES string of the molecule is Brc1cc2c3ccccc3n(-c3ccccc3)c2c2ccccc12.Brc1ccccc1.CC1(C)OB(c2cc3c4ccccc4n(-c4ccccc4)c3c3ccccc23)OC1(C)C.ClNNc1ccccc1.O=C1CCCc2ccccc21.O=[N+]([O-])c1ccccc1I.c1ccc(-n2c3ccccc3c3ccc4ccccc4c32)cc1.c1ccc2c(c1)Cc1c-2ccc2ccccc12. The Kier molecular flexibility index (Phi) is 27.5. The molecule has 0 spiro atoms. The number of rotatable bonds is 7. The Morgan fingerprint density at radius 1 is 0.376 bits per heavy atom. The Hall–Kier alpha value is -13.6. The van der Waals surface area contributed by atoms with Gasteiger partial charge in [-0.05, 0) is 233 Å². The highest BCUT2D eigenvalue weighted by Crippen LogP contribution is 2.45. The molecule has 4 heterocycles. The highest BCUT2D eigenvalue weighted by Gasteiger charge is 2.52. The van der Waals surface area contributed by atoms with Crippen molar-refractivity contribution in [2.24, 2.45) is 0 Å². The van der Waals surface area contributed by atoms with E-state index < -0.39 is 7.12 Å². The van der Waals surface area contributed by atoms with E-state index in [1.807, 2.05) is 108 Å². The van der Waals surface area contributed by atoms with Gasteiger partial charge in [-0.15, -0.1) is 4.94 Å². The Labute approximate surface area is 809 Å². The third kappa shape index (κ3) is 19.0. The van der Waals surface area contributed by atoms with Gasteiger partial charge in [-0.3, -0.25) is 14.9 Å². The molecule has 0 amide bonds. The maximum Gasteiger partial charge on any atom is 0.495 e. The van der Waals surface area contributed by atoms with Gasteiger partial charge in [-0.1, -0.05) is 366 Å². The lowest BCUT2D eigenvalue weighted by atomic mass is 9.75. The summed E-state index contributed by atoms with van der Waals surface area (Å²) in [6, 6.07) is 149. The van der Waals surface area contributed by atoms with Gasteiger partial charge >= 0.3 is 7.12 Å². The number of nitrogens with one attached hydrogen (secondary N) is 2. The van der Waals surface area contributed by atoms with E-state index in [-0.39, 0.29) is 21.8 Å². The van der Waals surface area contributed by atoms with Crippen LogP contribution in [0.1, 0.15) is 67.6 Å². The van der Waals surface area contributed by atoms with Crippen molar-refractivity contribution in [3.63, 3.8) is 0 Å². The molecule has 3 aromatic heterocycles. The van der Waals surface area contributed by atoms with Crippen molar-refractivity contribution < 1.29 is 19.0 Å². The molecular weight excluding hydrogens is 1900 g/mol. The number of anilines is 1. The summed E-state index contributed by atoms with van der Waals surface area (Å²) in [6.07, 6.45) is 3.90. The maximum absolute atomic E-state index is 11.3. The number of halogens is 4. The molecular formula is C117H93BBr2ClIN6O5. The first-order valence-corrected chi connectivity index (χ1v) is 47.5. The van der Waals surface area contributed by atoms with Gasteiger partial charge in [-0.25, -0.2) is 0 Å². The number of nitrogens with zero attached hydrogens (tertiary/aromatic N) is 4. The van der Waals surface area contributed by atoms with E-state index in [9.17, 15) is 14.9 Å². The van der Waals surface area contributed by atoms with Crippen molar-refractivity contribution in [1.82, 2.24) is 18.6 Å². The van der Waals surface area contributed by atoms with E-state index in [1.54, 1.807) is 18.2 Å². The van der Waals surface area contributed by atoms with Crippen molar-refractivity contribution in [1.29, 1.82) is 0 Å². The van der Waals surface area contributed by atoms with E-state index in [0.717, 1.165) is 57.0 Å². The predicted octanol–water partition coefficient (Wildman–Crippen LogP) is 31.9. The van der Waals surface area contributed by atoms with Crippen LogP contribution in [0.3, 0.4) is 0 Å². The molecule has 0 atom stereocenters. The molecule has 16 heteroatoms. The Bertz CT molecular complexity index is 7960. The molecule has 22 aromatic rings. The number of aromatic nitrogens is 3. The van der Waals surface area contributed by atoms with Gasteiger partial charge in [0.15, 0.2) is 5.78 Å². The molecule has 1 fully saturated rings. The van der Waals surface area contributed by atoms with Gasteiger partial charge in [0.2, 0.25) is 0 Å². The van der Waals surface area contributed by atoms with Crippen LogP contribution in [0.15, 0.2) is 440 Å². The number of aryl methyl sites for hydroxylation is 1. The number of benzene rings is 19. The van der Waals surface area contributed by atoms with Gasteiger partial charge in [0.1, 0.15) is 0 Å². The van der Waals surface area contributed by atoms with E-state index in [0.29, 0.717) is 9.35 Å². The zero-order chi connectivity index (χ0) is 91.5. The van der Waals surface area contributed by atoms with Crippen LogP contribution < -0.4 is 15.8 Å². The minimum atomic E-state index is -0.409. The summed E-state index contributed by atoms with van der Waals surface area (Å²) < 4.78 is 23.0. The van der Waals surface area contributed by atoms with Crippen LogP contribution in [0, 0.1) is 13.7 Å². The van der Waals surface area contributed by atoms with Crippen LogP contribution >= 0.6 is 66.2 Å². The van der Waals surface area contributed by atoms with Crippen molar-refractivity contribution in [3.05, 3.63) is 476 Å².